The topological polar surface area (TPSA) is 102 Å². The second kappa shape index (κ2) is 11.3. The van der Waals surface area contributed by atoms with Crippen LogP contribution in [0.1, 0.15) is 79.1 Å². The third kappa shape index (κ3) is 6.93. The van der Waals surface area contributed by atoms with Crippen molar-refractivity contribution in [3.8, 4) is 0 Å². The summed E-state index contributed by atoms with van der Waals surface area (Å²) in [7, 11) is 0. The monoisotopic (exact) mass is 414 g/mol. The zero-order valence-corrected chi connectivity index (χ0v) is 18.2. The minimum atomic E-state index is -0.843. The van der Waals surface area contributed by atoms with Crippen molar-refractivity contribution in [3.63, 3.8) is 0 Å². The van der Waals surface area contributed by atoms with E-state index in [9.17, 15) is 14.7 Å². The van der Waals surface area contributed by atoms with E-state index in [1.54, 1.807) is 6.92 Å². The van der Waals surface area contributed by atoms with Crippen molar-refractivity contribution >= 4 is 11.9 Å². The number of hydrogen-bond acceptors (Lipinski definition) is 6. The number of carbonyl (C=O) groups excluding carboxylic acids is 1. The summed E-state index contributed by atoms with van der Waals surface area (Å²) in [5.41, 5.74) is 0. The lowest BCUT2D eigenvalue weighted by Crippen LogP contribution is -2.33. The summed E-state index contributed by atoms with van der Waals surface area (Å²) in [5.74, 6) is -1.98. The molecule has 0 aromatic heterocycles. The zero-order valence-electron chi connectivity index (χ0n) is 18.2. The molecule has 7 heteroatoms. The number of esters is 1. The lowest BCUT2D eigenvalue weighted by molar-refractivity contribution is -0.160. The average Bonchev–Trinajstić information content (AvgIpc) is 3.35. The van der Waals surface area contributed by atoms with Gasteiger partial charge in [0.25, 0.3) is 0 Å². The molecule has 8 atom stereocenters. The molecule has 0 amide bonds. The highest BCUT2D eigenvalue weighted by Gasteiger charge is 2.37. The van der Waals surface area contributed by atoms with Gasteiger partial charge in [0.2, 0.25) is 0 Å². The van der Waals surface area contributed by atoms with E-state index in [-0.39, 0.29) is 48.5 Å². The Kier molecular flexibility index (Phi) is 9.37. The number of ether oxygens (including phenoxy) is 3. The molecule has 168 valence electrons. The van der Waals surface area contributed by atoms with E-state index >= 15 is 0 Å². The minimum absolute atomic E-state index is 0.00668. The molecule has 0 radical (unpaired) electrons. The number of rotatable bonds is 11. The third-order valence-electron chi connectivity index (χ3n) is 6.43. The molecule has 0 aromatic rings. The number of carbonyl (C=O) groups is 2. The minimum Gasteiger partial charge on any atom is -0.481 e. The van der Waals surface area contributed by atoms with E-state index in [0.717, 1.165) is 25.7 Å². The van der Waals surface area contributed by atoms with Crippen LogP contribution in [0.25, 0.3) is 0 Å². The fourth-order valence-electron chi connectivity index (χ4n) is 4.19. The summed E-state index contributed by atoms with van der Waals surface area (Å²) in [6.45, 7) is 7.43. The predicted octanol–water partition coefficient (Wildman–Crippen LogP) is 3.31. The van der Waals surface area contributed by atoms with Crippen molar-refractivity contribution in [1.82, 2.24) is 0 Å². The molecule has 0 bridgehead atoms. The van der Waals surface area contributed by atoms with Crippen molar-refractivity contribution in [3.05, 3.63) is 0 Å². The maximum absolute atomic E-state index is 12.6. The maximum Gasteiger partial charge on any atom is 0.311 e. The molecule has 2 N–H and O–H groups in total. The van der Waals surface area contributed by atoms with E-state index < -0.39 is 11.9 Å². The Bertz CT molecular complexity index is 537. The summed E-state index contributed by atoms with van der Waals surface area (Å²) in [6.07, 6.45) is 4.66. The second-order valence-corrected chi connectivity index (χ2v) is 8.66. The zero-order chi connectivity index (χ0) is 21.6. The highest BCUT2D eigenvalue weighted by atomic mass is 16.6. The van der Waals surface area contributed by atoms with Gasteiger partial charge in [-0.25, -0.2) is 0 Å². The van der Waals surface area contributed by atoms with Crippen LogP contribution in [0.15, 0.2) is 0 Å². The van der Waals surface area contributed by atoms with Crippen LogP contribution in [0.5, 0.6) is 0 Å². The van der Waals surface area contributed by atoms with Crippen LogP contribution in [0.2, 0.25) is 0 Å². The van der Waals surface area contributed by atoms with Crippen molar-refractivity contribution < 1.29 is 34.0 Å². The summed E-state index contributed by atoms with van der Waals surface area (Å²) in [4.78, 5) is 23.8. The van der Waals surface area contributed by atoms with Gasteiger partial charge in [-0.05, 0) is 58.8 Å². The Hall–Kier alpha value is -1.18. The fraction of sp³-hybridized carbons (Fsp3) is 0.909. The van der Waals surface area contributed by atoms with E-state index in [2.05, 4.69) is 0 Å². The fourth-order valence-corrected chi connectivity index (χ4v) is 4.19. The van der Waals surface area contributed by atoms with Crippen LogP contribution in [0, 0.1) is 11.8 Å². The highest BCUT2D eigenvalue weighted by Crippen LogP contribution is 2.31. The molecule has 2 heterocycles. The molecule has 2 rings (SSSR count). The van der Waals surface area contributed by atoms with Gasteiger partial charge in [0, 0.05) is 6.42 Å². The molecule has 2 aliphatic rings. The van der Waals surface area contributed by atoms with Gasteiger partial charge < -0.3 is 24.4 Å². The number of aliphatic hydroxyl groups excluding tert-OH is 1. The molecule has 0 saturated carbocycles. The number of aliphatic carboxylic acids is 1. The number of aliphatic hydroxyl groups is 1. The van der Waals surface area contributed by atoms with Gasteiger partial charge in [-0.2, -0.15) is 0 Å². The summed E-state index contributed by atoms with van der Waals surface area (Å²) in [5, 5.41) is 19.0. The van der Waals surface area contributed by atoms with E-state index in [1.165, 1.54) is 0 Å². The largest absolute Gasteiger partial charge is 0.481 e. The first-order chi connectivity index (χ1) is 13.7. The molecular formula is C22H38O7. The first-order valence-corrected chi connectivity index (χ1v) is 11.2. The third-order valence-corrected chi connectivity index (χ3v) is 6.43. The summed E-state index contributed by atoms with van der Waals surface area (Å²) in [6, 6.07) is 0. The second-order valence-electron chi connectivity index (χ2n) is 8.66. The Morgan fingerprint density at radius 1 is 0.931 bits per heavy atom. The Morgan fingerprint density at radius 3 is 2.00 bits per heavy atom. The Balaban J connectivity index is 1.78. The van der Waals surface area contributed by atoms with Crippen LogP contribution in [0.4, 0.5) is 0 Å². The molecular weight excluding hydrogens is 376 g/mol. The van der Waals surface area contributed by atoms with E-state index in [4.69, 9.17) is 19.3 Å². The van der Waals surface area contributed by atoms with Crippen molar-refractivity contribution in [2.75, 3.05) is 0 Å². The molecule has 0 unspecified atom stereocenters. The summed E-state index contributed by atoms with van der Waals surface area (Å²) < 4.78 is 17.6. The molecule has 0 aromatic carbocycles. The van der Waals surface area contributed by atoms with Crippen LogP contribution in [-0.2, 0) is 23.8 Å². The number of hydrogen-bond donors (Lipinski definition) is 2. The van der Waals surface area contributed by atoms with Gasteiger partial charge >= 0.3 is 11.9 Å². The van der Waals surface area contributed by atoms with Gasteiger partial charge in [-0.3, -0.25) is 9.59 Å². The van der Waals surface area contributed by atoms with Crippen LogP contribution < -0.4 is 0 Å². The molecule has 2 saturated heterocycles. The van der Waals surface area contributed by atoms with Gasteiger partial charge in [0.1, 0.15) is 6.10 Å². The average molecular weight is 415 g/mol. The van der Waals surface area contributed by atoms with Crippen LogP contribution >= 0.6 is 0 Å². The SMILES string of the molecule is CC[C@H](O)C[C@@H]1CC[C@H]([C@@H](C)C(=O)O[C@@H](CC)C[C@@H]2CC[C@H]([C@@H](C)C(=O)O)O2)O1. The molecule has 7 nitrogen and oxygen atoms in total. The smallest absolute Gasteiger partial charge is 0.311 e. The lowest BCUT2D eigenvalue weighted by atomic mass is 10.00. The molecule has 0 aliphatic carbocycles. The quantitative estimate of drug-likeness (QED) is 0.500. The van der Waals surface area contributed by atoms with Crippen molar-refractivity contribution in [2.24, 2.45) is 11.8 Å². The van der Waals surface area contributed by atoms with Gasteiger partial charge in [-0.15, -0.1) is 0 Å². The molecule has 29 heavy (non-hydrogen) atoms. The van der Waals surface area contributed by atoms with E-state index in [1.807, 2.05) is 20.8 Å². The molecule has 2 fully saturated rings. The van der Waals surface area contributed by atoms with E-state index in [0.29, 0.717) is 25.7 Å². The normalized spacial score (nSPS) is 31.2. The van der Waals surface area contributed by atoms with Crippen LogP contribution in [0.3, 0.4) is 0 Å². The predicted molar refractivity (Wildman–Crippen MR) is 107 cm³/mol. The lowest BCUT2D eigenvalue weighted by Gasteiger charge is -2.25. The molecule has 2 aliphatic heterocycles. The first-order valence-electron chi connectivity index (χ1n) is 11.2. The van der Waals surface area contributed by atoms with Crippen LogP contribution in [-0.4, -0.2) is 58.8 Å². The first kappa shape index (κ1) is 24.1. The van der Waals surface area contributed by atoms with Gasteiger partial charge in [-0.1, -0.05) is 13.8 Å². The van der Waals surface area contributed by atoms with Gasteiger partial charge in [0.05, 0.1) is 42.4 Å². The summed E-state index contributed by atoms with van der Waals surface area (Å²) >= 11 is 0. The Morgan fingerprint density at radius 2 is 1.48 bits per heavy atom. The number of carboxylic acid groups (broad SMARTS) is 1. The van der Waals surface area contributed by atoms with Crippen molar-refractivity contribution in [2.45, 2.75) is 116 Å². The number of carboxylic acids is 1. The maximum atomic E-state index is 12.6. The Labute approximate surface area is 174 Å². The standard InChI is InChI=1S/C22H38O7/c1-5-15(23)11-17-7-10-20(27-17)14(4)22(26)29-16(6-2)12-18-8-9-19(28-18)13(3)21(24)25/h13-20,23H,5-12H2,1-4H3,(H,24,25)/t13-,14-,15+,16+,17+,18+,19-,20-/m1/s1. The van der Waals surface area contributed by atoms with Gasteiger partial charge in [0.15, 0.2) is 0 Å². The molecule has 0 spiro atoms. The highest BCUT2D eigenvalue weighted by molar-refractivity contribution is 5.73. The van der Waals surface area contributed by atoms with Crippen molar-refractivity contribution in [1.29, 1.82) is 0 Å².